The van der Waals surface area contributed by atoms with Gasteiger partial charge in [-0.15, -0.1) is 0 Å². The Hall–Kier alpha value is -2.28. The monoisotopic (exact) mass is 434 g/mol. The summed E-state index contributed by atoms with van der Waals surface area (Å²) in [5, 5.41) is 2.96. The van der Waals surface area contributed by atoms with Crippen molar-refractivity contribution in [3.8, 4) is 0 Å². The van der Waals surface area contributed by atoms with E-state index < -0.39 is 17.1 Å². The highest BCUT2D eigenvalue weighted by Crippen LogP contribution is 2.33. The van der Waals surface area contributed by atoms with Gasteiger partial charge in [-0.25, -0.2) is 0 Å². The van der Waals surface area contributed by atoms with Crippen LogP contribution in [0.2, 0.25) is 10.0 Å². The van der Waals surface area contributed by atoms with Gasteiger partial charge in [0.15, 0.2) is 0 Å². The molecule has 28 heavy (non-hydrogen) atoms. The Bertz CT molecular complexity index is 1020. The Morgan fingerprint density at radius 1 is 1.07 bits per heavy atom. The third kappa shape index (κ3) is 4.58. The van der Waals surface area contributed by atoms with E-state index in [1.165, 1.54) is 0 Å². The molecule has 1 aliphatic heterocycles. The standard InChI is InChI=1S/C20H16Cl2N2O3S/c1-11-3-5-14(7-12(11)2)23-18(25)10-24-19(26)17(28-20(24)27)9-13-4-6-15(21)16(22)8-13/h3-9H,10H2,1-2H3,(H,23,25). The summed E-state index contributed by atoms with van der Waals surface area (Å²) < 4.78 is 0. The molecule has 0 aliphatic carbocycles. The zero-order valence-corrected chi connectivity index (χ0v) is 17.4. The van der Waals surface area contributed by atoms with Crippen molar-refractivity contribution in [2.75, 3.05) is 11.9 Å². The zero-order chi connectivity index (χ0) is 20.4. The molecule has 1 N–H and O–H groups in total. The van der Waals surface area contributed by atoms with Crippen LogP contribution >= 0.6 is 35.0 Å². The summed E-state index contributed by atoms with van der Waals surface area (Å²) in [7, 11) is 0. The van der Waals surface area contributed by atoms with Crippen LogP contribution in [0.3, 0.4) is 0 Å². The van der Waals surface area contributed by atoms with Gasteiger partial charge in [0.1, 0.15) is 6.54 Å². The molecule has 1 aliphatic rings. The first-order valence-electron chi connectivity index (χ1n) is 8.32. The van der Waals surface area contributed by atoms with Gasteiger partial charge in [-0.3, -0.25) is 19.3 Å². The molecule has 5 nitrogen and oxygen atoms in total. The number of aryl methyl sites for hydroxylation is 2. The number of halogens is 2. The predicted octanol–water partition coefficient (Wildman–Crippen LogP) is 5.29. The Labute approximate surface area is 176 Å². The summed E-state index contributed by atoms with van der Waals surface area (Å²) in [6.07, 6.45) is 1.55. The molecule has 0 saturated carbocycles. The molecule has 0 radical (unpaired) electrons. The van der Waals surface area contributed by atoms with Crippen molar-refractivity contribution < 1.29 is 14.4 Å². The van der Waals surface area contributed by atoms with E-state index in [9.17, 15) is 14.4 Å². The van der Waals surface area contributed by atoms with Crippen LogP contribution in [0.15, 0.2) is 41.3 Å². The highest BCUT2D eigenvalue weighted by Gasteiger charge is 2.36. The average molecular weight is 435 g/mol. The van der Waals surface area contributed by atoms with E-state index in [2.05, 4.69) is 5.32 Å². The second-order valence-electron chi connectivity index (χ2n) is 6.29. The van der Waals surface area contributed by atoms with Crippen molar-refractivity contribution >= 4 is 63.8 Å². The van der Waals surface area contributed by atoms with Gasteiger partial charge in [0.25, 0.3) is 11.1 Å². The molecule has 0 spiro atoms. The number of anilines is 1. The Morgan fingerprint density at radius 2 is 1.82 bits per heavy atom. The number of nitrogens with one attached hydrogen (secondary N) is 1. The summed E-state index contributed by atoms with van der Waals surface area (Å²) in [5.41, 5.74) is 3.40. The highest BCUT2D eigenvalue weighted by atomic mass is 35.5. The lowest BCUT2D eigenvalue weighted by Crippen LogP contribution is -2.36. The Balaban J connectivity index is 1.70. The maximum Gasteiger partial charge on any atom is 0.294 e. The number of carbonyl (C=O) groups excluding carboxylic acids is 3. The minimum absolute atomic E-state index is 0.224. The number of imide groups is 1. The summed E-state index contributed by atoms with van der Waals surface area (Å²) in [6, 6.07) is 10.4. The molecule has 0 unspecified atom stereocenters. The summed E-state index contributed by atoms with van der Waals surface area (Å²) in [5.74, 6) is -0.961. The number of amides is 3. The number of benzene rings is 2. The van der Waals surface area contributed by atoms with Gasteiger partial charge >= 0.3 is 0 Å². The van der Waals surface area contributed by atoms with E-state index in [0.29, 0.717) is 21.3 Å². The zero-order valence-electron chi connectivity index (χ0n) is 15.1. The van der Waals surface area contributed by atoms with Crippen LogP contribution in [-0.4, -0.2) is 28.5 Å². The smallest absolute Gasteiger partial charge is 0.294 e. The third-order valence-corrected chi connectivity index (χ3v) is 5.85. The number of thioether (sulfide) groups is 1. The van der Waals surface area contributed by atoms with Crippen molar-refractivity contribution in [2.24, 2.45) is 0 Å². The van der Waals surface area contributed by atoms with Gasteiger partial charge in [-0.1, -0.05) is 35.3 Å². The van der Waals surface area contributed by atoms with E-state index in [1.54, 1.807) is 30.3 Å². The summed E-state index contributed by atoms with van der Waals surface area (Å²) >= 11 is 12.6. The van der Waals surface area contributed by atoms with Gasteiger partial charge < -0.3 is 5.32 Å². The number of hydrogen-bond donors (Lipinski definition) is 1. The van der Waals surface area contributed by atoms with Crippen LogP contribution < -0.4 is 5.32 Å². The van der Waals surface area contributed by atoms with Crippen molar-refractivity contribution in [1.82, 2.24) is 4.90 Å². The molecule has 3 rings (SSSR count). The lowest BCUT2D eigenvalue weighted by atomic mass is 10.1. The van der Waals surface area contributed by atoms with Crippen LogP contribution in [-0.2, 0) is 9.59 Å². The van der Waals surface area contributed by atoms with Crippen LogP contribution in [0, 0.1) is 13.8 Å². The van der Waals surface area contributed by atoms with E-state index in [0.717, 1.165) is 27.8 Å². The number of rotatable bonds is 4. The second-order valence-corrected chi connectivity index (χ2v) is 8.10. The number of carbonyl (C=O) groups is 3. The molecule has 3 amide bonds. The van der Waals surface area contributed by atoms with E-state index >= 15 is 0 Å². The molecule has 0 bridgehead atoms. The van der Waals surface area contributed by atoms with Crippen LogP contribution in [0.5, 0.6) is 0 Å². The van der Waals surface area contributed by atoms with Crippen LogP contribution in [0.1, 0.15) is 16.7 Å². The molecule has 1 heterocycles. The molecule has 0 atom stereocenters. The fraction of sp³-hybridized carbons (Fsp3) is 0.150. The summed E-state index contributed by atoms with van der Waals surface area (Å²) in [6.45, 7) is 3.56. The van der Waals surface area contributed by atoms with E-state index in [-0.39, 0.29) is 11.4 Å². The SMILES string of the molecule is Cc1ccc(NC(=O)CN2C(=O)SC(=Cc3ccc(Cl)c(Cl)c3)C2=O)cc1C. The largest absolute Gasteiger partial charge is 0.325 e. The minimum atomic E-state index is -0.517. The molecule has 8 heteroatoms. The van der Waals surface area contributed by atoms with E-state index in [1.807, 2.05) is 26.0 Å². The van der Waals surface area contributed by atoms with Gasteiger partial charge in [0.05, 0.1) is 15.0 Å². The maximum absolute atomic E-state index is 12.5. The number of hydrogen-bond acceptors (Lipinski definition) is 4. The molecule has 1 saturated heterocycles. The van der Waals surface area contributed by atoms with Crippen molar-refractivity contribution in [2.45, 2.75) is 13.8 Å². The predicted molar refractivity (Wildman–Crippen MR) is 114 cm³/mol. The van der Waals surface area contributed by atoms with Gasteiger partial charge in [-0.2, -0.15) is 0 Å². The molecule has 2 aromatic rings. The molecular weight excluding hydrogens is 419 g/mol. The first-order valence-corrected chi connectivity index (χ1v) is 9.89. The lowest BCUT2D eigenvalue weighted by Gasteiger charge is -2.13. The van der Waals surface area contributed by atoms with Crippen molar-refractivity contribution in [3.05, 3.63) is 68.0 Å². The Kier molecular flexibility index (Phi) is 6.13. The fourth-order valence-corrected chi connectivity index (χ4v) is 3.70. The van der Waals surface area contributed by atoms with Crippen LogP contribution in [0.4, 0.5) is 10.5 Å². The van der Waals surface area contributed by atoms with E-state index in [4.69, 9.17) is 23.2 Å². The van der Waals surface area contributed by atoms with Crippen molar-refractivity contribution in [3.63, 3.8) is 0 Å². The van der Waals surface area contributed by atoms with Crippen molar-refractivity contribution in [1.29, 1.82) is 0 Å². The molecule has 144 valence electrons. The molecule has 2 aromatic carbocycles. The second kappa shape index (κ2) is 8.39. The molecular formula is C20H16Cl2N2O3S. The summed E-state index contributed by atoms with van der Waals surface area (Å²) in [4.78, 5) is 38.2. The van der Waals surface area contributed by atoms with Crippen LogP contribution in [0.25, 0.3) is 6.08 Å². The minimum Gasteiger partial charge on any atom is -0.325 e. The molecule has 0 aromatic heterocycles. The first-order chi connectivity index (χ1) is 13.2. The van der Waals surface area contributed by atoms with Gasteiger partial charge in [0.2, 0.25) is 5.91 Å². The fourth-order valence-electron chi connectivity index (χ4n) is 2.55. The van der Waals surface area contributed by atoms with Gasteiger partial charge in [0, 0.05) is 5.69 Å². The quantitative estimate of drug-likeness (QED) is 0.664. The first kappa shape index (κ1) is 20.5. The Morgan fingerprint density at radius 3 is 2.50 bits per heavy atom. The topological polar surface area (TPSA) is 66.5 Å². The molecule has 1 fully saturated rings. The normalized spacial score (nSPS) is 15.4. The highest BCUT2D eigenvalue weighted by molar-refractivity contribution is 8.18. The number of nitrogens with zero attached hydrogens (tertiary/aromatic N) is 1. The average Bonchev–Trinajstić information content (AvgIpc) is 2.89. The third-order valence-electron chi connectivity index (χ3n) is 4.21. The lowest BCUT2D eigenvalue weighted by molar-refractivity contribution is -0.127. The maximum atomic E-state index is 12.5. The van der Waals surface area contributed by atoms with Gasteiger partial charge in [-0.05, 0) is 72.6 Å².